The topological polar surface area (TPSA) is 35.5 Å². The molecular weight excluding hydrogens is 283 g/mol. The third-order valence-electron chi connectivity index (χ3n) is 4.54. The minimum absolute atomic E-state index is 0.279. The quantitative estimate of drug-likeness (QED) is 0.701. The van der Waals surface area contributed by atoms with Crippen molar-refractivity contribution in [1.82, 2.24) is 0 Å². The Labute approximate surface area is 124 Å². The number of fused-ring (bicyclic) bond motifs is 4. The maximum absolute atomic E-state index is 12.4. The van der Waals surface area contributed by atoms with Crippen molar-refractivity contribution in [2.45, 2.75) is 19.4 Å². The summed E-state index contributed by atoms with van der Waals surface area (Å²) < 4.78 is 12.5. The molecule has 108 valence electrons. The number of rotatable bonds is 0. The molecule has 4 heteroatoms. The first-order valence-corrected chi connectivity index (χ1v) is 9.55. The zero-order chi connectivity index (χ0) is 14.9. The van der Waals surface area contributed by atoms with Crippen molar-refractivity contribution in [2.75, 3.05) is 6.66 Å². The van der Waals surface area contributed by atoms with Crippen LogP contribution in [-0.4, -0.2) is 12.6 Å². The number of benzene rings is 2. The molecule has 0 bridgehead atoms. The van der Waals surface area contributed by atoms with Crippen LogP contribution in [0, 0.1) is 0 Å². The fourth-order valence-electron chi connectivity index (χ4n) is 3.73. The Morgan fingerprint density at radius 1 is 0.952 bits per heavy atom. The molecule has 4 rings (SSSR count). The summed E-state index contributed by atoms with van der Waals surface area (Å²) in [7, 11) is -3.36. The second-order valence-electron chi connectivity index (χ2n) is 6.38. The molecule has 3 nitrogen and oxygen atoms in total. The van der Waals surface area contributed by atoms with Crippen molar-refractivity contribution in [3.63, 3.8) is 0 Å². The van der Waals surface area contributed by atoms with Gasteiger partial charge < -0.3 is 0 Å². The van der Waals surface area contributed by atoms with E-state index < -0.39 is 12.7 Å². The Balaban J connectivity index is 2.13. The van der Waals surface area contributed by atoms with Gasteiger partial charge in [-0.1, -0.05) is 0 Å². The summed E-state index contributed by atoms with van der Waals surface area (Å²) in [5, 5.41) is 1.94. The first kappa shape index (κ1) is 13.0. The standard InChI is InChI=1S/C17H17O3P/c1-17(2)13-9-5-7-11-15(13)21(3,20-17)14-10-6-4-8-12(14)16(18)19-21/h4-11H,1-3H3. The predicted octanol–water partition coefficient (Wildman–Crippen LogP) is 3.09. The van der Waals surface area contributed by atoms with Gasteiger partial charge in [-0.05, 0) is 0 Å². The average molecular weight is 300 g/mol. The van der Waals surface area contributed by atoms with Crippen LogP contribution in [0.15, 0.2) is 48.5 Å². The van der Waals surface area contributed by atoms with E-state index in [0.717, 1.165) is 16.2 Å². The maximum atomic E-state index is 12.4. The zero-order valence-electron chi connectivity index (χ0n) is 12.3. The van der Waals surface area contributed by atoms with Gasteiger partial charge in [0.25, 0.3) is 0 Å². The van der Waals surface area contributed by atoms with Crippen molar-refractivity contribution in [3.05, 3.63) is 59.7 Å². The first-order valence-electron chi connectivity index (χ1n) is 7.03. The number of hydrogen-bond donors (Lipinski definition) is 0. The molecule has 2 aliphatic rings. The van der Waals surface area contributed by atoms with Crippen molar-refractivity contribution in [1.29, 1.82) is 0 Å². The molecule has 0 aromatic heterocycles. The van der Waals surface area contributed by atoms with Crippen molar-refractivity contribution >= 4 is 23.6 Å². The van der Waals surface area contributed by atoms with Crippen LogP contribution >= 0.6 is 7.06 Å². The van der Waals surface area contributed by atoms with E-state index in [1.165, 1.54) is 0 Å². The summed E-state index contributed by atoms with van der Waals surface area (Å²) in [4.78, 5) is 12.4. The van der Waals surface area contributed by atoms with Gasteiger partial charge in [0, 0.05) is 0 Å². The predicted molar refractivity (Wildman–Crippen MR) is 84.5 cm³/mol. The normalized spacial score (nSPS) is 24.7. The third kappa shape index (κ3) is 1.38. The summed E-state index contributed by atoms with van der Waals surface area (Å²) >= 11 is 0. The Morgan fingerprint density at radius 2 is 1.57 bits per heavy atom. The molecule has 1 spiro atoms. The fraction of sp³-hybridized carbons (Fsp3) is 0.235. The summed E-state index contributed by atoms with van der Waals surface area (Å²) in [6, 6.07) is 15.7. The van der Waals surface area contributed by atoms with E-state index in [1.54, 1.807) is 0 Å². The van der Waals surface area contributed by atoms with Gasteiger partial charge in [0.1, 0.15) is 0 Å². The van der Waals surface area contributed by atoms with Crippen molar-refractivity contribution in [3.8, 4) is 0 Å². The Bertz CT molecular complexity index is 798. The van der Waals surface area contributed by atoms with Crippen molar-refractivity contribution < 1.29 is 13.8 Å². The molecule has 0 fully saturated rings. The van der Waals surface area contributed by atoms with Gasteiger partial charge >= 0.3 is 123 Å². The molecule has 0 radical (unpaired) electrons. The second kappa shape index (κ2) is 3.55. The number of carbonyl (C=O) groups is 1. The van der Waals surface area contributed by atoms with E-state index in [4.69, 9.17) is 9.05 Å². The number of carbonyl (C=O) groups excluding carboxylic acids is 1. The summed E-state index contributed by atoms with van der Waals surface area (Å²) in [5.74, 6) is -0.279. The monoisotopic (exact) mass is 300 g/mol. The Morgan fingerprint density at radius 3 is 2.33 bits per heavy atom. The molecule has 0 amide bonds. The molecular formula is C17H17O3P. The molecule has 21 heavy (non-hydrogen) atoms. The Kier molecular flexibility index (Phi) is 2.19. The van der Waals surface area contributed by atoms with E-state index in [-0.39, 0.29) is 5.97 Å². The van der Waals surface area contributed by atoms with Crippen LogP contribution in [0.3, 0.4) is 0 Å². The molecule has 2 aromatic rings. The van der Waals surface area contributed by atoms with E-state index >= 15 is 0 Å². The van der Waals surface area contributed by atoms with Crippen molar-refractivity contribution in [2.24, 2.45) is 0 Å². The molecule has 0 saturated carbocycles. The fourth-order valence-corrected chi connectivity index (χ4v) is 8.60. The molecule has 0 atom stereocenters. The molecule has 0 aliphatic carbocycles. The van der Waals surface area contributed by atoms with Crippen LogP contribution < -0.4 is 10.6 Å². The second-order valence-corrected chi connectivity index (χ2v) is 10.4. The van der Waals surface area contributed by atoms with E-state index in [2.05, 4.69) is 6.07 Å². The van der Waals surface area contributed by atoms with Gasteiger partial charge in [0.15, 0.2) is 0 Å². The van der Waals surface area contributed by atoms with Gasteiger partial charge in [-0.25, -0.2) is 0 Å². The van der Waals surface area contributed by atoms with Crippen LogP contribution in [0.4, 0.5) is 0 Å². The summed E-state index contributed by atoms with van der Waals surface area (Å²) in [5.41, 5.74) is 1.26. The van der Waals surface area contributed by atoms with Crippen LogP contribution in [0.25, 0.3) is 0 Å². The van der Waals surface area contributed by atoms with Gasteiger partial charge in [-0.2, -0.15) is 0 Å². The summed E-state index contributed by atoms with van der Waals surface area (Å²) in [6.07, 6.45) is 0. The number of hydrogen-bond acceptors (Lipinski definition) is 3. The molecule has 2 heterocycles. The first-order chi connectivity index (χ1) is 9.86. The van der Waals surface area contributed by atoms with Crippen LogP contribution in [0.5, 0.6) is 0 Å². The van der Waals surface area contributed by atoms with Crippen LogP contribution in [0.2, 0.25) is 0 Å². The van der Waals surface area contributed by atoms with E-state index in [9.17, 15) is 4.79 Å². The zero-order valence-corrected chi connectivity index (χ0v) is 13.2. The molecule has 0 unspecified atom stereocenters. The molecule has 0 N–H and O–H groups in total. The Hall–Kier alpha value is -1.70. The van der Waals surface area contributed by atoms with E-state index in [1.807, 2.05) is 63.0 Å². The van der Waals surface area contributed by atoms with E-state index in [0.29, 0.717) is 5.56 Å². The van der Waals surface area contributed by atoms with Gasteiger partial charge in [0.2, 0.25) is 0 Å². The van der Waals surface area contributed by atoms with Gasteiger partial charge in [0.05, 0.1) is 0 Å². The SMILES string of the molecule is CC1(C)OP2(C)(OC(=O)c3ccccc32)c2ccccc21. The molecule has 2 aliphatic heterocycles. The third-order valence-corrected chi connectivity index (χ3v) is 9.06. The minimum atomic E-state index is -3.36. The molecule has 0 saturated heterocycles. The molecule has 2 aromatic carbocycles. The van der Waals surface area contributed by atoms with Crippen LogP contribution in [0.1, 0.15) is 29.8 Å². The van der Waals surface area contributed by atoms with Gasteiger partial charge in [-0.15, -0.1) is 0 Å². The van der Waals surface area contributed by atoms with Crippen LogP contribution in [-0.2, 0) is 14.6 Å². The van der Waals surface area contributed by atoms with Gasteiger partial charge in [-0.3, -0.25) is 0 Å². The summed E-state index contributed by atoms with van der Waals surface area (Å²) in [6.45, 7) is 6.06. The average Bonchev–Trinajstić information content (AvgIpc) is 2.79.